The maximum Gasteiger partial charge on any atom is 0.229 e. The van der Waals surface area contributed by atoms with Crippen LogP contribution in [0.3, 0.4) is 0 Å². The number of benzene rings is 2. The van der Waals surface area contributed by atoms with Crippen LogP contribution in [0.5, 0.6) is 0 Å². The Morgan fingerprint density at radius 1 is 1.00 bits per heavy atom. The quantitative estimate of drug-likeness (QED) is 0.828. The van der Waals surface area contributed by atoms with Crippen LogP contribution in [0.15, 0.2) is 48.5 Å². The van der Waals surface area contributed by atoms with Crippen LogP contribution in [0.1, 0.15) is 35.1 Å². The monoisotopic (exact) mass is 249 g/mol. The molecular weight excluding hydrogens is 234 g/mol. The van der Waals surface area contributed by atoms with Crippen LogP contribution < -0.4 is 5.73 Å². The van der Waals surface area contributed by atoms with Crippen molar-refractivity contribution in [1.82, 2.24) is 0 Å². The number of rotatable bonds is 1. The second-order valence-electron chi connectivity index (χ2n) is 4.88. The van der Waals surface area contributed by atoms with Gasteiger partial charge in [0.1, 0.15) is 0 Å². The van der Waals surface area contributed by atoms with Crippen LogP contribution in [-0.2, 0) is 4.79 Å². The number of hydrogen-bond acceptors (Lipinski definition) is 1. The van der Waals surface area contributed by atoms with Gasteiger partial charge in [0.15, 0.2) is 0 Å². The van der Waals surface area contributed by atoms with Crippen LogP contribution in [0, 0.1) is 0 Å². The standard InChI is InChI=1S/C17H15NO/c1-11-10-12-6-2-3-8-14(12)16(17(18)19)15-9-5-4-7-13(11)15/h2-10,16H,1H3,(H2,18,19). The number of hydrogen-bond donors (Lipinski definition) is 1. The number of carbonyl (C=O) groups excluding carboxylic acids is 1. The fraction of sp³-hybridized carbons (Fsp3) is 0.118. The molecule has 2 heteroatoms. The first kappa shape index (κ1) is 11.7. The summed E-state index contributed by atoms with van der Waals surface area (Å²) in [6, 6.07) is 15.9. The van der Waals surface area contributed by atoms with Gasteiger partial charge in [0.2, 0.25) is 5.91 Å². The highest BCUT2D eigenvalue weighted by Gasteiger charge is 2.26. The van der Waals surface area contributed by atoms with Gasteiger partial charge in [-0.15, -0.1) is 0 Å². The molecule has 0 aromatic heterocycles. The molecule has 0 spiro atoms. The molecule has 1 amide bonds. The van der Waals surface area contributed by atoms with E-state index in [0.717, 1.165) is 27.8 Å². The van der Waals surface area contributed by atoms with Gasteiger partial charge in [-0.05, 0) is 34.8 Å². The molecule has 2 aromatic rings. The average Bonchev–Trinajstić information content (AvgIpc) is 2.53. The Bertz CT molecular complexity index is 685. The molecule has 2 nitrogen and oxygen atoms in total. The zero-order chi connectivity index (χ0) is 13.4. The van der Waals surface area contributed by atoms with Gasteiger partial charge in [-0.25, -0.2) is 0 Å². The van der Waals surface area contributed by atoms with Crippen molar-refractivity contribution >= 4 is 17.6 Å². The van der Waals surface area contributed by atoms with Crippen molar-refractivity contribution in [2.24, 2.45) is 5.73 Å². The first-order valence-corrected chi connectivity index (χ1v) is 6.34. The van der Waals surface area contributed by atoms with E-state index in [2.05, 4.69) is 13.0 Å². The number of allylic oxidation sites excluding steroid dienone is 1. The predicted octanol–water partition coefficient (Wildman–Crippen LogP) is 3.18. The van der Waals surface area contributed by atoms with Crippen LogP contribution in [-0.4, -0.2) is 5.91 Å². The van der Waals surface area contributed by atoms with E-state index in [1.807, 2.05) is 48.5 Å². The smallest absolute Gasteiger partial charge is 0.229 e. The van der Waals surface area contributed by atoms with Crippen molar-refractivity contribution < 1.29 is 4.79 Å². The summed E-state index contributed by atoms with van der Waals surface area (Å²) in [6.45, 7) is 2.07. The van der Waals surface area contributed by atoms with Gasteiger partial charge in [-0.3, -0.25) is 4.79 Å². The Morgan fingerprint density at radius 2 is 1.63 bits per heavy atom. The molecule has 2 N–H and O–H groups in total. The molecule has 0 aliphatic heterocycles. The van der Waals surface area contributed by atoms with Crippen molar-refractivity contribution in [3.8, 4) is 0 Å². The second-order valence-corrected chi connectivity index (χ2v) is 4.88. The first-order chi connectivity index (χ1) is 9.18. The van der Waals surface area contributed by atoms with E-state index in [1.165, 1.54) is 0 Å². The molecule has 1 aliphatic carbocycles. The molecular formula is C17H15NO. The predicted molar refractivity (Wildman–Crippen MR) is 77.5 cm³/mol. The summed E-state index contributed by atoms with van der Waals surface area (Å²) >= 11 is 0. The molecule has 0 radical (unpaired) electrons. The second kappa shape index (κ2) is 4.39. The molecule has 0 fully saturated rings. The van der Waals surface area contributed by atoms with Gasteiger partial charge in [0.05, 0.1) is 5.92 Å². The van der Waals surface area contributed by atoms with Gasteiger partial charge >= 0.3 is 0 Å². The van der Waals surface area contributed by atoms with Crippen molar-refractivity contribution in [2.45, 2.75) is 12.8 Å². The fourth-order valence-electron chi connectivity index (χ4n) is 2.80. The number of amides is 1. The minimum absolute atomic E-state index is 0.303. The number of primary amides is 1. The van der Waals surface area contributed by atoms with E-state index in [4.69, 9.17) is 5.73 Å². The van der Waals surface area contributed by atoms with E-state index in [-0.39, 0.29) is 11.8 Å². The summed E-state index contributed by atoms with van der Waals surface area (Å²) < 4.78 is 0. The number of fused-ring (bicyclic) bond motifs is 2. The van der Waals surface area contributed by atoms with Gasteiger partial charge in [-0.1, -0.05) is 54.6 Å². The molecule has 0 saturated carbocycles. The van der Waals surface area contributed by atoms with Gasteiger partial charge in [0.25, 0.3) is 0 Å². The summed E-state index contributed by atoms with van der Waals surface area (Å²) in [5.74, 6) is -0.677. The van der Waals surface area contributed by atoms with Crippen LogP contribution >= 0.6 is 0 Å². The van der Waals surface area contributed by atoms with E-state index < -0.39 is 0 Å². The highest BCUT2D eigenvalue weighted by atomic mass is 16.1. The van der Waals surface area contributed by atoms with Gasteiger partial charge < -0.3 is 5.73 Å². The first-order valence-electron chi connectivity index (χ1n) is 6.34. The fourth-order valence-corrected chi connectivity index (χ4v) is 2.80. The molecule has 94 valence electrons. The molecule has 1 aliphatic rings. The third kappa shape index (κ3) is 1.85. The van der Waals surface area contributed by atoms with Crippen molar-refractivity contribution in [3.05, 3.63) is 70.8 Å². The van der Waals surface area contributed by atoms with Crippen molar-refractivity contribution in [3.63, 3.8) is 0 Å². The molecule has 1 atom stereocenters. The SMILES string of the molecule is CC1=Cc2ccccc2C(C(N)=O)c2ccccc21. The maximum atomic E-state index is 11.9. The summed E-state index contributed by atoms with van der Waals surface area (Å²) in [5.41, 5.74) is 11.0. The van der Waals surface area contributed by atoms with E-state index in [9.17, 15) is 4.79 Å². The largest absolute Gasteiger partial charge is 0.369 e. The highest BCUT2D eigenvalue weighted by molar-refractivity contribution is 5.94. The topological polar surface area (TPSA) is 43.1 Å². The van der Waals surface area contributed by atoms with E-state index in [1.54, 1.807) is 0 Å². The lowest BCUT2D eigenvalue weighted by Crippen LogP contribution is -2.23. The zero-order valence-electron chi connectivity index (χ0n) is 10.8. The Balaban J connectivity index is 2.36. The average molecular weight is 249 g/mol. The van der Waals surface area contributed by atoms with E-state index in [0.29, 0.717) is 0 Å². The van der Waals surface area contributed by atoms with Gasteiger partial charge in [0, 0.05) is 0 Å². The third-order valence-corrected chi connectivity index (χ3v) is 3.66. The maximum absolute atomic E-state index is 11.9. The summed E-state index contributed by atoms with van der Waals surface area (Å²) in [7, 11) is 0. The molecule has 19 heavy (non-hydrogen) atoms. The highest BCUT2D eigenvalue weighted by Crippen LogP contribution is 2.37. The Morgan fingerprint density at radius 3 is 2.37 bits per heavy atom. The third-order valence-electron chi connectivity index (χ3n) is 3.66. The molecule has 0 bridgehead atoms. The van der Waals surface area contributed by atoms with Crippen molar-refractivity contribution in [2.75, 3.05) is 0 Å². The lowest BCUT2D eigenvalue weighted by molar-refractivity contribution is -0.118. The molecule has 2 aromatic carbocycles. The number of nitrogens with two attached hydrogens (primary N) is 1. The Hall–Kier alpha value is -2.35. The Kier molecular flexibility index (Phi) is 2.71. The minimum Gasteiger partial charge on any atom is -0.369 e. The molecule has 1 unspecified atom stereocenters. The normalized spacial score (nSPS) is 16.9. The molecule has 0 saturated heterocycles. The summed E-state index contributed by atoms with van der Waals surface area (Å²) in [6.07, 6.45) is 2.12. The van der Waals surface area contributed by atoms with Crippen LogP contribution in [0.2, 0.25) is 0 Å². The molecule has 0 heterocycles. The summed E-state index contributed by atoms with van der Waals surface area (Å²) in [4.78, 5) is 11.9. The lowest BCUT2D eigenvalue weighted by atomic mass is 9.87. The van der Waals surface area contributed by atoms with E-state index >= 15 is 0 Å². The Labute approximate surface area is 112 Å². The van der Waals surface area contributed by atoms with Crippen LogP contribution in [0.25, 0.3) is 11.6 Å². The zero-order valence-corrected chi connectivity index (χ0v) is 10.8. The minimum atomic E-state index is -0.374. The van der Waals surface area contributed by atoms with Gasteiger partial charge in [-0.2, -0.15) is 0 Å². The number of carbonyl (C=O) groups is 1. The van der Waals surface area contributed by atoms with Crippen LogP contribution in [0.4, 0.5) is 0 Å². The molecule has 3 rings (SSSR count). The summed E-state index contributed by atoms with van der Waals surface area (Å²) in [5, 5.41) is 0. The van der Waals surface area contributed by atoms with Crippen molar-refractivity contribution in [1.29, 1.82) is 0 Å². The lowest BCUT2D eigenvalue weighted by Gasteiger charge is -2.17.